The van der Waals surface area contributed by atoms with Crippen molar-refractivity contribution in [1.82, 2.24) is 0 Å². The van der Waals surface area contributed by atoms with Crippen molar-refractivity contribution in [2.75, 3.05) is 0 Å². The van der Waals surface area contributed by atoms with Crippen LogP contribution in [0.15, 0.2) is 11.1 Å². The van der Waals surface area contributed by atoms with Gasteiger partial charge < -0.3 is 0 Å². The van der Waals surface area contributed by atoms with Gasteiger partial charge in [0.2, 0.25) is 5.24 Å². The van der Waals surface area contributed by atoms with E-state index in [9.17, 15) is 4.79 Å². The second-order valence-electron chi connectivity index (χ2n) is 1.59. The highest BCUT2D eigenvalue weighted by Gasteiger charge is 1.96. The molecule has 0 aromatic carbocycles. The minimum atomic E-state index is -0.338. The van der Waals surface area contributed by atoms with Crippen LogP contribution in [0.3, 0.4) is 0 Å². The number of carbonyl (C=O) groups is 1. The molecule has 0 bridgehead atoms. The fraction of sp³-hybridized carbons (Fsp3) is 0.500. The fourth-order valence-electron chi connectivity index (χ4n) is 0.362. The summed E-state index contributed by atoms with van der Waals surface area (Å²) in [6, 6.07) is 0. The van der Waals surface area contributed by atoms with Gasteiger partial charge in [-0.05, 0) is 24.9 Å². The molecule has 0 fully saturated rings. The second kappa shape index (κ2) is 4.83. The lowest BCUT2D eigenvalue weighted by atomic mass is 10.3. The molecule has 0 aromatic rings. The highest BCUT2D eigenvalue weighted by Crippen LogP contribution is 2.10. The van der Waals surface area contributed by atoms with Gasteiger partial charge in [0.1, 0.15) is 0 Å². The van der Waals surface area contributed by atoms with Gasteiger partial charge in [-0.3, -0.25) is 4.79 Å². The molecule has 0 aliphatic heterocycles. The Morgan fingerprint density at radius 3 is 2.33 bits per heavy atom. The summed E-state index contributed by atoms with van der Waals surface area (Å²) in [6.07, 6.45) is 2.63. The molecule has 0 spiro atoms. The zero-order valence-electron chi connectivity index (χ0n) is 5.16. The van der Waals surface area contributed by atoms with E-state index < -0.39 is 0 Å². The first-order valence-corrected chi connectivity index (χ1v) is 3.41. The quantitative estimate of drug-likeness (QED) is 0.590. The molecule has 0 amide bonds. The normalized spacial score (nSPS) is 11.7. The van der Waals surface area contributed by atoms with E-state index in [1.807, 2.05) is 6.92 Å². The van der Waals surface area contributed by atoms with Gasteiger partial charge in [0.15, 0.2) is 0 Å². The molecule has 0 heterocycles. The van der Waals surface area contributed by atoms with Crippen LogP contribution >= 0.6 is 23.2 Å². The van der Waals surface area contributed by atoms with Crippen molar-refractivity contribution in [3.05, 3.63) is 11.1 Å². The lowest BCUT2D eigenvalue weighted by molar-refractivity contribution is -0.111. The van der Waals surface area contributed by atoms with E-state index in [0.29, 0.717) is 17.9 Å². The zero-order valence-corrected chi connectivity index (χ0v) is 6.67. The minimum absolute atomic E-state index is 0.324. The molecular formula is C6H8Cl2O. The lowest BCUT2D eigenvalue weighted by Crippen LogP contribution is -1.84. The number of hydrogen-bond donors (Lipinski definition) is 0. The van der Waals surface area contributed by atoms with Crippen molar-refractivity contribution in [2.24, 2.45) is 0 Å². The Labute approximate surface area is 64.6 Å². The smallest absolute Gasteiger partial charge is 0.221 e. The van der Waals surface area contributed by atoms with Crippen molar-refractivity contribution in [3.8, 4) is 0 Å². The van der Waals surface area contributed by atoms with Crippen molar-refractivity contribution in [2.45, 2.75) is 19.8 Å². The largest absolute Gasteiger partial charge is 0.281 e. The lowest BCUT2D eigenvalue weighted by Gasteiger charge is -1.90. The summed E-state index contributed by atoms with van der Waals surface area (Å²) in [5, 5.41) is 0.346. The topological polar surface area (TPSA) is 17.1 Å². The Morgan fingerprint density at radius 2 is 2.00 bits per heavy atom. The van der Waals surface area contributed by atoms with Gasteiger partial charge in [0, 0.05) is 11.5 Å². The van der Waals surface area contributed by atoms with E-state index in [2.05, 4.69) is 0 Å². The number of hydrogen-bond acceptors (Lipinski definition) is 1. The molecule has 0 N–H and O–H groups in total. The summed E-state index contributed by atoms with van der Waals surface area (Å²) < 4.78 is 0. The molecule has 0 radical (unpaired) electrons. The summed E-state index contributed by atoms with van der Waals surface area (Å²) in [5.74, 6) is 0. The Hall–Kier alpha value is -0.0100. The van der Waals surface area contributed by atoms with Crippen LogP contribution in [-0.2, 0) is 4.79 Å². The van der Waals surface area contributed by atoms with E-state index in [1.165, 1.54) is 0 Å². The van der Waals surface area contributed by atoms with Crippen LogP contribution in [0, 0.1) is 0 Å². The van der Waals surface area contributed by atoms with Crippen molar-refractivity contribution >= 4 is 28.4 Å². The molecule has 52 valence electrons. The van der Waals surface area contributed by atoms with Crippen LogP contribution in [0.1, 0.15) is 19.8 Å². The standard InChI is InChI=1S/C6H8Cl2O/c1-2-5(7)3-4-6(8)9/h2H,3-4H2,1H3. The van der Waals surface area contributed by atoms with Crippen LogP contribution < -0.4 is 0 Å². The molecule has 9 heavy (non-hydrogen) atoms. The van der Waals surface area contributed by atoms with Crippen LogP contribution in [0.5, 0.6) is 0 Å². The minimum Gasteiger partial charge on any atom is -0.281 e. The van der Waals surface area contributed by atoms with Crippen molar-refractivity contribution < 1.29 is 4.79 Å². The maximum absolute atomic E-state index is 10.1. The molecule has 0 atom stereocenters. The van der Waals surface area contributed by atoms with Gasteiger partial charge in [-0.25, -0.2) is 0 Å². The average Bonchev–Trinajstić information content (AvgIpc) is 1.83. The summed E-state index contributed by atoms with van der Waals surface area (Å²) >= 11 is 10.6. The second-order valence-corrected chi connectivity index (χ2v) is 2.50. The first-order chi connectivity index (χ1) is 4.16. The number of rotatable bonds is 3. The van der Waals surface area contributed by atoms with E-state index in [1.54, 1.807) is 6.08 Å². The number of carbonyl (C=O) groups excluding carboxylic acids is 1. The monoisotopic (exact) mass is 166 g/mol. The third kappa shape index (κ3) is 5.87. The van der Waals surface area contributed by atoms with Gasteiger partial charge in [-0.1, -0.05) is 17.7 Å². The van der Waals surface area contributed by atoms with Crippen LogP contribution in [0.25, 0.3) is 0 Å². The first kappa shape index (κ1) is 8.99. The van der Waals surface area contributed by atoms with Crippen molar-refractivity contribution in [1.29, 1.82) is 0 Å². The maximum atomic E-state index is 10.1. The fourth-order valence-corrected chi connectivity index (χ4v) is 0.551. The van der Waals surface area contributed by atoms with Crippen LogP contribution in [0.2, 0.25) is 0 Å². The summed E-state index contributed by atoms with van der Waals surface area (Å²) in [6.45, 7) is 1.82. The van der Waals surface area contributed by atoms with Gasteiger partial charge in [0.25, 0.3) is 0 Å². The first-order valence-electron chi connectivity index (χ1n) is 2.66. The summed E-state index contributed by atoms with van der Waals surface area (Å²) in [7, 11) is 0. The molecule has 0 rings (SSSR count). The molecule has 0 saturated heterocycles. The number of allylic oxidation sites excluding steroid dienone is 2. The van der Waals surface area contributed by atoms with E-state index >= 15 is 0 Å². The Morgan fingerprint density at radius 1 is 1.44 bits per heavy atom. The SMILES string of the molecule is CC=C(Cl)CCC(=O)Cl. The maximum Gasteiger partial charge on any atom is 0.221 e. The van der Waals surface area contributed by atoms with Gasteiger partial charge in [0.05, 0.1) is 0 Å². The summed E-state index contributed by atoms with van der Waals surface area (Å²) in [5.41, 5.74) is 0. The third-order valence-corrected chi connectivity index (χ3v) is 1.47. The van der Waals surface area contributed by atoms with E-state index in [4.69, 9.17) is 23.2 Å². The Balaban J connectivity index is 3.39. The van der Waals surface area contributed by atoms with Crippen LogP contribution in [-0.4, -0.2) is 5.24 Å². The Bertz CT molecular complexity index is 129. The average molecular weight is 167 g/mol. The number of halogens is 2. The third-order valence-electron chi connectivity index (χ3n) is 0.874. The summed E-state index contributed by atoms with van der Waals surface area (Å²) in [4.78, 5) is 10.1. The molecule has 1 nitrogen and oxygen atoms in total. The van der Waals surface area contributed by atoms with Crippen molar-refractivity contribution in [3.63, 3.8) is 0 Å². The molecule has 3 heteroatoms. The van der Waals surface area contributed by atoms with E-state index in [0.717, 1.165) is 0 Å². The van der Waals surface area contributed by atoms with E-state index in [-0.39, 0.29) is 5.24 Å². The predicted octanol–water partition coefficient (Wildman–Crippen LogP) is 2.67. The van der Waals surface area contributed by atoms with Crippen LogP contribution in [0.4, 0.5) is 0 Å². The molecule has 0 saturated carbocycles. The van der Waals surface area contributed by atoms with Gasteiger partial charge >= 0.3 is 0 Å². The van der Waals surface area contributed by atoms with Gasteiger partial charge in [-0.15, -0.1) is 0 Å². The van der Waals surface area contributed by atoms with Gasteiger partial charge in [-0.2, -0.15) is 0 Å². The molecule has 0 aliphatic carbocycles. The zero-order chi connectivity index (χ0) is 7.28. The Kier molecular flexibility index (Phi) is 4.83. The highest BCUT2D eigenvalue weighted by atomic mass is 35.5. The highest BCUT2D eigenvalue weighted by molar-refractivity contribution is 6.63. The predicted molar refractivity (Wildman–Crippen MR) is 39.7 cm³/mol. The molecule has 0 aromatic heterocycles. The molecule has 0 aliphatic rings. The molecular weight excluding hydrogens is 159 g/mol. The molecule has 0 unspecified atom stereocenters.